The first-order valence-corrected chi connectivity index (χ1v) is 8.77. The van der Waals surface area contributed by atoms with Crippen molar-refractivity contribution in [3.8, 4) is 0 Å². The maximum atomic E-state index is 5.54. The Balaban J connectivity index is 1.90. The predicted molar refractivity (Wildman–Crippen MR) is 85.9 cm³/mol. The normalized spacial score (nSPS) is 20.6. The second-order valence-corrected chi connectivity index (χ2v) is 6.84. The minimum absolute atomic E-state index is 0.555. The van der Waals surface area contributed by atoms with Gasteiger partial charge in [-0.1, -0.05) is 19.1 Å². The Bertz CT molecular complexity index is 382. The second kappa shape index (κ2) is 8.30. The van der Waals surface area contributed by atoms with E-state index >= 15 is 0 Å². The largest absolute Gasteiger partial charge is 0.381 e. The van der Waals surface area contributed by atoms with Crippen LogP contribution >= 0.6 is 27.7 Å². The van der Waals surface area contributed by atoms with Crippen LogP contribution in [-0.2, 0) is 4.74 Å². The SMILES string of the molecule is CCCNC(CSc1ccccc1Br)C1CCOC1. The third-order valence-electron chi connectivity index (χ3n) is 3.45. The number of halogens is 1. The molecule has 1 aliphatic rings. The van der Waals surface area contributed by atoms with E-state index in [0.29, 0.717) is 12.0 Å². The Morgan fingerprint density at radius 3 is 3.00 bits per heavy atom. The summed E-state index contributed by atoms with van der Waals surface area (Å²) in [4.78, 5) is 1.32. The van der Waals surface area contributed by atoms with Gasteiger partial charge in [0.1, 0.15) is 0 Å². The molecule has 1 fully saturated rings. The van der Waals surface area contributed by atoms with Gasteiger partial charge in [-0.2, -0.15) is 0 Å². The zero-order chi connectivity index (χ0) is 13.5. The average molecular weight is 344 g/mol. The lowest BCUT2D eigenvalue weighted by Crippen LogP contribution is -2.39. The number of thioether (sulfide) groups is 1. The molecule has 0 saturated carbocycles. The highest BCUT2D eigenvalue weighted by molar-refractivity contribution is 9.10. The first-order chi connectivity index (χ1) is 9.31. The van der Waals surface area contributed by atoms with Gasteiger partial charge in [-0.05, 0) is 47.4 Å². The van der Waals surface area contributed by atoms with Crippen LogP contribution in [0.5, 0.6) is 0 Å². The van der Waals surface area contributed by atoms with Crippen molar-refractivity contribution in [2.75, 3.05) is 25.5 Å². The van der Waals surface area contributed by atoms with Crippen LogP contribution in [0.15, 0.2) is 33.6 Å². The molecule has 1 heterocycles. The quantitative estimate of drug-likeness (QED) is 0.757. The Morgan fingerprint density at radius 2 is 2.32 bits per heavy atom. The highest BCUT2D eigenvalue weighted by Crippen LogP contribution is 2.29. The summed E-state index contributed by atoms with van der Waals surface area (Å²) >= 11 is 5.54. The summed E-state index contributed by atoms with van der Waals surface area (Å²) in [5, 5.41) is 3.68. The van der Waals surface area contributed by atoms with E-state index in [0.717, 1.165) is 25.5 Å². The molecule has 106 valence electrons. The standard InChI is InChI=1S/C15H22BrNOS/c1-2-8-17-14(12-7-9-18-10-12)11-19-15-6-4-3-5-13(15)16/h3-6,12,14,17H,2,7-11H2,1H3. The Morgan fingerprint density at radius 1 is 1.47 bits per heavy atom. The summed E-state index contributed by atoms with van der Waals surface area (Å²) in [5.74, 6) is 1.78. The number of hydrogen-bond acceptors (Lipinski definition) is 3. The van der Waals surface area contributed by atoms with Gasteiger partial charge in [0.15, 0.2) is 0 Å². The van der Waals surface area contributed by atoms with Crippen molar-refractivity contribution >= 4 is 27.7 Å². The molecule has 0 aliphatic carbocycles. The first-order valence-electron chi connectivity index (χ1n) is 6.99. The Labute approximate surface area is 128 Å². The summed E-state index contributed by atoms with van der Waals surface area (Å²) in [6.45, 7) is 5.15. The van der Waals surface area contributed by atoms with Gasteiger partial charge in [-0.3, -0.25) is 0 Å². The molecule has 4 heteroatoms. The number of ether oxygens (including phenoxy) is 1. The fourth-order valence-electron chi connectivity index (χ4n) is 2.30. The minimum atomic E-state index is 0.555. The molecule has 0 spiro atoms. The fourth-order valence-corrected chi connectivity index (χ4v) is 4.06. The van der Waals surface area contributed by atoms with Crippen molar-refractivity contribution in [1.29, 1.82) is 0 Å². The van der Waals surface area contributed by atoms with Gasteiger partial charge >= 0.3 is 0 Å². The van der Waals surface area contributed by atoms with E-state index in [4.69, 9.17) is 4.74 Å². The lowest BCUT2D eigenvalue weighted by Gasteiger charge is -2.23. The molecular formula is C15H22BrNOS. The van der Waals surface area contributed by atoms with Gasteiger partial charge < -0.3 is 10.1 Å². The highest BCUT2D eigenvalue weighted by atomic mass is 79.9. The van der Waals surface area contributed by atoms with Gasteiger partial charge in [0.25, 0.3) is 0 Å². The molecule has 2 atom stereocenters. The van der Waals surface area contributed by atoms with E-state index < -0.39 is 0 Å². The molecule has 1 aromatic carbocycles. The summed E-state index contributed by atoms with van der Waals surface area (Å²) in [6.07, 6.45) is 2.38. The minimum Gasteiger partial charge on any atom is -0.381 e. The van der Waals surface area contributed by atoms with Crippen LogP contribution in [0.3, 0.4) is 0 Å². The topological polar surface area (TPSA) is 21.3 Å². The van der Waals surface area contributed by atoms with Crippen LogP contribution < -0.4 is 5.32 Å². The van der Waals surface area contributed by atoms with E-state index in [2.05, 4.69) is 52.4 Å². The van der Waals surface area contributed by atoms with E-state index in [9.17, 15) is 0 Å². The first kappa shape index (κ1) is 15.4. The molecule has 2 nitrogen and oxygen atoms in total. The predicted octanol–water partition coefficient (Wildman–Crippen LogP) is 3.95. The zero-order valence-corrected chi connectivity index (χ0v) is 13.8. The summed E-state index contributed by atoms with van der Waals surface area (Å²) in [6, 6.07) is 9.00. The van der Waals surface area contributed by atoms with Crippen LogP contribution in [0.1, 0.15) is 19.8 Å². The molecule has 1 N–H and O–H groups in total. The van der Waals surface area contributed by atoms with Crippen molar-refractivity contribution in [1.82, 2.24) is 5.32 Å². The molecule has 2 unspecified atom stereocenters. The maximum Gasteiger partial charge on any atom is 0.0510 e. The summed E-state index contributed by atoms with van der Waals surface area (Å²) in [7, 11) is 0. The van der Waals surface area contributed by atoms with Gasteiger partial charge in [0, 0.05) is 33.7 Å². The zero-order valence-electron chi connectivity index (χ0n) is 11.4. The molecule has 19 heavy (non-hydrogen) atoms. The van der Waals surface area contributed by atoms with Gasteiger partial charge in [0.2, 0.25) is 0 Å². The summed E-state index contributed by atoms with van der Waals surface area (Å²) < 4.78 is 6.73. The van der Waals surface area contributed by atoms with Crippen molar-refractivity contribution in [2.24, 2.45) is 5.92 Å². The Kier molecular flexibility index (Phi) is 6.71. The Hall–Kier alpha value is -0.0300. The summed E-state index contributed by atoms with van der Waals surface area (Å²) in [5.41, 5.74) is 0. The molecule has 0 aromatic heterocycles. The van der Waals surface area contributed by atoms with Gasteiger partial charge in [-0.25, -0.2) is 0 Å². The molecule has 0 bridgehead atoms. The third kappa shape index (κ3) is 4.78. The smallest absolute Gasteiger partial charge is 0.0510 e. The van der Waals surface area contributed by atoms with E-state index in [1.165, 1.54) is 22.2 Å². The average Bonchev–Trinajstić information content (AvgIpc) is 2.94. The number of benzene rings is 1. The molecule has 2 rings (SSSR count). The number of rotatable bonds is 7. The maximum absolute atomic E-state index is 5.54. The lowest BCUT2D eigenvalue weighted by molar-refractivity contribution is 0.179. The molecular weight excluding hydrogens is 322 g/mol. The number of nitrogens with one attached hydrogen (secondary N) is 1. The van der Waals surface area contributed by atoms with E-state index in [1.807, 2.05) is 11.8 Å². The van der Waals surface area contributed by atoms with Crippen LogP contribution in [-0.4, -0.2) is 31.6 Å². The number of hydrogen-bond donors (Lipinski definition) is 1. The van der Waals surface area contributed by atoms with Crippen molar-refractivity contribution < 1.29 is 4.74 Å². The van der Waals surface area contributed by atoms with Crippen molar-refractivity contribution in [3.63, 3.8) is 0 Å². The molecule has 0 amide bonds. The second-order valence-electron chi connectivity index (χ2n) is 4.93. The van der Waals surface area contributed by atoms with Gasteiger partial charge in [0.05, 0.1) is 6.61 Å². The van der Waals surface area contributed by atoms with Crippen LogP contribution in [0.4, 0.5) is 0 Å². The van der Waals surface area contributed by atoms with Crippen molar-refractivity contribution in [3.05, 3.63) is 28.7 Å². The van der Waals surface area contributed by atoms with Crippen LogP contribution in [0.2, 0.25) is 0 Å². The highest BCUT2D eigenvalue weighted by Gasteiger charge is 2.25. The van der Waals surface area contributed by atoms with Crippen molar-refractivity contribution in [2.45, 2.75) is 30.7 Å². The van der Waals surface area contributed by atoms with E-state index in [-0.39, 0.29) is 0 Å². The molecule has 1 aromatic rings. The fraction of sp³-hybridized carbons (Fsp3) is 0.600. The van der Waals surface area contributed by atoms with Crippen LogP contribution in [0, 0.1) is 5.92 Å². The third-order valence-corrected chi connectivity index (χ3v) is 5.59. The van der Waals surface area contributed by atoms with E-state index in [1.54, 1.807) is 0 Å². The molecule has 0 radical (unpaired) electrons. The van der Waals surface area contributed by atoms with Crippen LogP contribution in [0.25, 0.3) is 0 Å². The van der Waals surface area contributed by atoms with Gasteiger partial charge in [-0.15, -0.1) is 11.8 Å². The molecule has 1 saturated heterocycles. The monoisotopic (exact) mass is 343 g/mol. The molecule has 1 aliphatic heterocycles. The lowest BCUT2D eigenvalue weighted by atomic mass is 10.0.